The van der Waals surface area contributed by atoms with Crippen molar-refractivity contribution >= 4 is 0 Å². The molecule has 0 spiro atoms. The maximum Gasteiger partial charge on any atom is 0.120 e. The summed E-state index contributed by atoms with van der Waals surface area (Å²) in [6.45, 7) is 0.825. The Labute approximate surface area is 77.8 Å². The molecule has 1 unspecified atom stereocenters. The molecule has 1 heterocycles. The number of aliphatic hydroxyl groups is 1. The molecule has 0 aromatic carbocycles. The van der Waals surface area contributed by atoms with Gasteiger partial charge in [-0.15, -0.1) is 0 Å². The van der Waals surface area contributed by atoms with E-state index in [2.05, 4.69) is 5.32 Å². The van der Waals surface area contributed by atoms with Crippen LogP contribution >= 0.6 is 0 Å². The molecule has 0 bridgehead atoms. The van der Waals surface area contributed by atoms with E-state index in [1.807, 2.05) is 12.1 Å². The smallest absolute Gasteiger partial charge is 0.120 e. The summed E-state index contributed by atoms with van der Waals surface area (Å²) in [5.41, 5.74) is 0. The summed E-state index contributed by atoms with van der Waals surface area (Å²) < 4.78 is 5.35. The van der Waals surface area contributed by atoms with Crippen LogP contribution in [0.3, 0.4) is 0 Å². The van der Waals surface area contributed by atoms with Crippen molar-refractivity contribution in [2.24, 2.45) is 5.92 Å². The molecule has 1 aliphatic carbocycles. The van der Waals surface area contributed by atoms with Gasteiger partial charge in [0.1, 0.15) is 5.76 Å². The molecule has 1 aliphatic rings. The van der Waals surface area contributed by atoms with Crippen LogP contribution in [0.2, 0.25) is 0 Å². The third kappa shape index (κ3) is 2.11. The molecule has 1 atom stereocenters. The first-order chi connectivity index (χ1) is 6.42. The molecule has 1 fully saturated rings. The Balaban J connectivity index is 1.97. The molecule has 72 valence electrons. The summed E-state index contributed by atoms with van der Waals surface area (Å²) in [7, 11) is 0. The highest BCUT2D eigenvalue weighted by molar-refractivity contribution is 5.08. The zero-order valence-electron chi connectivity index (χ0n) is 7.57. The fourth-order valence-corrected chi connectivity index (χ4v) is 1.62. The topological polar surface area (TPSA) is 45.4 Å². The van der Waals surface area contributed by atoms with Gasteiger partial charge in [0.15, 0.2) is 0 Å². The third-order valence-corrected chi connectivity index (χ3v) is 2.42. The third-order valence-electron chi connectivity index (χ3n) is 2.42. The van der Waals surface area contributed by atoms with Gasteiger partial charge in [-0.05, 0) is 30.9 Å². The van der Waals surface area contributed by atoms with Crippen molar-refractivity contribution in [3.63, 3.8) is 0 Å². The molecule has 1 aromatic rings. The van der Waals surface area contributed by atoms with Gasteiger partial charge in [-0.2, -0.15) is 0 Å². The van der Waals surface area contributed by atoms with E-state index in [0.29, 0.717) is 18.5 Å². The van der Waals surface area contributed by atoms with Crippen LogP contribution in [0.5, 0.6) is 0 Å². The average molecular weight is 181 g/mol. The van der Waals surface area contributed by atoms with E-state index in [-0.39, 0.29) is 6.61 Å². The van der Waals surface area contributed by atoms with Crippen molar-refractivity contribution in [3.8, 4) is 0 Å². The SMILES string of the molecule is OCCNC(c1ccco1)C1CC1. The molecule has 2 N–H and O–H groups in total. The fourth-order valence-electron chi connectivity index (χ4n) is 1.62. The van der Waals surface area contributed by atoms with Gasteiger partial charge >= 0.3 is 0 Å². The summed E-state index contributed by atoms with van der Waals surface area (Å²) in [5.74, 6) is 1.70. The standard InChI is InChI=1S/C10H15NO2/c12-6-5-11-10(8-3-4-8)9-2-1-7-13-9/h1-2,7-8,10-12H,3-6H2. The second-order valence-corrected chi connectivity index (χ2v) is 3.51. The molecular formula is C10H15NO2. The number of furan rings is 1. The maximum atomic E-state index is 8.72. The fraction of sp³-hybridized carbons (Fsp3) is 0.600. The highest BCUT2D eigenvalue weighted by Gasteiger charge is 2.33. The Morgan fingerprint density at radius 1 is 1.62 bits per heavy atom. The van der Waals surface area contributed by atoms with Gasteiger partial charge in [0.05, 0.1) is 18.9 Å². The Hall–Kier alpha value is -0.800. The summed E-state index contributed by atoms with van der Waals surface area (Å²) in [4.78, 5) is 0. The first kappa shape index (κ1) is 8.78. The molecule has 0 aliphatic heterocycles. The average Bonchev–Trinajstić information content (AvgIpc) is 2.82. The van der Waals surface area contributed by atoms with Crippen LogP contribution < -0.4 is 5.32 Å². The lowest BCUT2D eigenvalue weighted by Gasteiger charge is -2.14. The predicted octanol–water partition coefficient (Wildman–Crippen LogP) is 1.31. The zero-order chi connectivity index (χ0) is 9.10. The van der Waals surface area contributed by atoms with Gasteiger partial charge in [-0.25, -0.2) is 0 Å². The zero-order valence-corrected chi connectivity index (χ0v) is 7.57. The maximum absolute atomic E-state index is 8.72. The van der Waals surface area contributed by atoms with E-state index < -0.39 is 0 Å². The van der Waals surface area contributed by atoms with Gasteiger partial charge in [-0.1, -0.05) is 0 Å². The molecule has 0 radical (unpaired) electrons. The molecule has 1 aromatic heterocycles. The molecule has 2 rings (SSSR count). The Kier molecular flexibility index (Phi) is 2.66. The lowest BCUT2D eigenvalue weighted by atomic mass is 10.1. The molecule has 0 saturated heterocycles. The first-order valence-corrected chi connectivity index (χ1v) is 4.79. The highest BCUT2D eigenvalue weighted by Crippen LogP contribution is 2.40. The number of hydrogen-bond acceptors (Lipinski definition) is 3. The van der Waals surface area contributed by atoms with E-state index in [1.165, 1.54) is 12.8 Å². The van der Waals surface area contributed by atoms with Crippen LogP contribution in [0.1, 0.15) is 24.6 Å². The Bertz CT molecular complexity index is 241. The van der Waals surface area contributed by atoms with Crippen molar-refractivity contribution in [1.82, 2.24) is 5.32 Å². The minimum atomic E-state index is 0.184. The van der Waals surface area contributed by atoms with Crippen molar-refractivity contribution in [3.05, 3.63) is 24.2 Å². The van der Waals surface area contributed by atoms with Gasteiger partial charge in [0, 0.05) is 6.54 Å². The van der Waals surface area contributed by atoms with Crippen LogP contribution in [-0.2, 0) is 0 Å². The summed E-state index contributed by atoms with van der Waals surface area (Å²) >= 11 is 0. The van der Waals surface area contributed by atoms with Crippen molar-refractivity contribution < 1.29 is 9.52 Å². The van der Waals surface area contributed by atoms with Gasteiger partial charge in [-0.3, -0.25) is 0 Å². The van der Waals surface area contributed by atoms with Crippen molar-refractivity contribution in [1.29, 1.82) is 0 Å². The predicted molar refractivity (Wildman–Crippen MR) is 49.3 cm³/mol. The lowest BCUT2D eigenvalue weighted by molar-refractivity contribution is 0.273. The summed E-state index contributed by atoms with van der Waals surface area (Å²) in [6, 6.07) is 4.21. The van der Waals surface area contributed by atoms with Crippen molar-refractivity contribution in [2.45, 2.75) is 18.9 Å². The minimum Gasteiger partial charge on any atom is -0.468 e. The normalized spacial score (nSPS) is 18.8. The van der Waals surface area contributed by atoms with Crippen LogP contribution in [0.4, 0.5) is 0 Å². The molecule has 3 nitrogen and oxygen atoms in total. The highest BCUT2D eigenvalue weighted by atomic mass is 16.3. The number of rotatable bonds is 5. The number of nitrogens with one attached hydrogen (secondary N) is 1. The largest absolute Gasteiger partial charge is 0.468 e. The molecule has 1 saturated carbocycles. The van der Waals surface area contributed by atoms with Crippen LogP contribution in [-0.4, -0.2) is 18.3 Å². The van der Waals surface area contributed by atoms with E-state index in [0.717, 1.165) is 5.76 Å². The van der Waals surface area contributed by atoms with Gasteiger partial charge in [0.2, 0.25) is 0 Å². The second kappa shape index (κ2) is 3.94. The van der Waals surface area contributed by atoms with Crippen LogP contribution in [0, 0.1) is 5.92 Å². The van der Waals surface area contributed by atoms with Gasteiger partial charge in [0.25, 0.3) is 0 Å². The summed E-state index contributed by atoms with van der Waals surface area (Å²) in [5, 5.41) is 12.0. The minimum absolute atomic E-state index is 0.184. The monoisotopic (exact) mass is 181 g/mol. The Morgan fingerprint density at radius 2 is 2.46 bits per heavy atom. The number of aliphatic hydroxyl groups excluding tert-OH is 1. The van der Waals surface area contributed by atoms with Crippen LogP contribution in [0.15, 0.2) is 22.8 Å². The van der Waals surface area contributed by atoms with Crippen molar-refractivity contribution in [2.75, 3.05) is 13.2 Å². The van der Waals surface area contributed by atoms with E-state index in [4.69, 9.17) is 9.52 Å². The second-order valence-electron chi connectivity index (χ2n) is 3.51. The molecule has 13 heavy (non-hydrogen) atoms. The summed E-state index contributed by atoms with van der Waals surface area (Å²) in [6.07, 6.45) is 4.24. The number of hydrogen-bond donors (Lipinski definition) is 2. The van der Waals surface area contributed by atoms with Gasteiger partial charge < -0.3 is 14.8 Å². The van der Waals surface area contributed by atoms with E-state index in [9.17, 15) is 0 Å². The first-order valence-electron chi connectivity index (χ1n) is 4.79. The molecular weight excluding hydrogens is 166 g/mol. The van der Waals surface area contributed by atoms with Crippen LogP contribution in [0.25, 0.3) is 0 Å². The quantitative estimate of drug-likeness (QED) is 0.720. The van der Waals surface area contributed by atoms with E-state index in [1.54, 1.807) is 6.26 Å². The Morgan fingerprint density at radius 3 is 3.00 bits per heavy atom. The molecule has 3 heteroatoms. The van der Waals surface area contributed by atoms with E-state index >= 15 is 0 Å². The lowest BCUT2D eigenvalue weighted by Crippen LogP contribution is -2.25. The molecule has 0 amide bonds.